The van der Waals surface area contributed by atoms with E-state index in [1.165, 1.54) is 6.92 Å². The third-order valence-corrected chi connectivity index (χ3v) is 5.05. The number of hydrogen-bond acceptors (Lipinski definition) is 6. The Labute approximate surface area is 144 Å². The van der Waals surface area contributed by atoms with Gasteiger partial charge < -0.3 is 19.1 Å². The van der Waals surface area contributed by atoms with Crippen LogP contribution in [0.5, 0.6) is 11.5 Å². The van der Waals surface area contributed by atoms with E-state index >= 15 is 0 Å². The van der Waals surface area contributed by atoms with E-state index in [2.05, 4.69) is 0 Å². The van der Waals surface area contributed by atoms with Crippen molar-refractivity contribution in [2.75, 3.05) is 6.79 Å². The van der Waals surface area contributed by atoms with Gasteiger partial charge in [0, 0.05) is 19.9 Å². The lowest BCUT2D eigenvalue weighted by atomic mass is 9.82. The van der Waals surface area contributed by atoms with Crippen LogP contribution < -0.4 is 9.47 Å². The lowest BCUT2D eigenvalue weighted by molar-refractivity contribution is -0.158. The number of esters is 1. The van der Waals surface area contributed by atoms with Gasteiger partial charge in [0.05, 0.1) is 6.04 Å². The van der Waals surface area contributed by atoms with Crippen molar-refractivity contribution >= 4 is 17.7 Å². The molecule has 0 aromatic heterocycles. The highest BCUT2D eigenvalue weighted by Crippen LogP contribution is 2.38. The Morgan fingerprint density at radius 1 is 1.24 bits per heavy atom. The third-order valence-electron chi connectivity index (χ3n) is 5.05. The summed E-state index contributed by atoms with van der Waals surface area (Å²) < 4.78 is 15.8. The van der Waals surface area contributed by atoms with E-state index in [0.717, 1.165) is 5.56 Å². The van der Waals surface area contributed by atoms with Gasteiger partial charge in [-0.05, 0) is 36.5 Å². The molecule has 1 saturated heterocycles. The van der Waals surface area contributed by atoms with Crippen molar-refractivity contribution in [3.63, 3.8) is 0 Å². The third kappa shape index (κ3) is 2.83. The average Bonchev–Trinajstić information content (AvgIpc) is 3.15. The predicted octanol–water partition coefficient (Wildman–Crippen LogP) is 1.43. The topological polar surface area (TPSA) is 82.1 Å². The van der Waals surface area contributed by atoms with Crippen molar-refractivity contribution in [1.82, 2.24) is 4.90 Å². The highest BCUT2D eigenvalue weighted by Gasteiger charge is 2.49. The summed E-state index contributed by atoms with van der Waals surface area (Å²) in [6.45, 7) is 1.81. The molecule has 25 heavy (non-hydrogen) atoms. The van der Waals surface area contributed by atoms with Gasteiger partial charge in [-0.15, -0.1) is 0 Å². The molecule has 1 aromatic rings. The van der Waals surface area contributed by atoms with E-state index in [4.69, 9.17) is 14.2 Å². The smallest absolute Gasteiger partial charge is 0.303 e. The van der Waals surface area contributed by atoms with Crippen molar-refractivity contribution in [2.24, 2.45) is 5.92 Å². The highest BCUT2D eigenvalue weighted by molar-refractivity contribution is 5.96. The van der Waals surface area contributed by atoms with Crippen LogP contribution in [0.2, 0.25) is 0 Å². The number of carbonyl (C=O) groups excluding carboxylic acids is 3. The van der Waals surface area contributed by atoms with Crippen LogP contribution >= 0.6 is 0 Å². The molecule has 1 saturated carbocycles. The fourth-order valence-corrected chi connectivity index (χ4v) is 3.95. The zero-order valence-electron chi connectivity index (χ0n) is 13.9. The van der Waals surface area contributed by atoms with E-state index in [0.29, 0.717) is 37.3 Å². The van der Waals surface area contributed by atoms with Gasteiger partial charge >= 0.3 is 5.97 Å². The van der Waals surface area contributed by atoms with Crippen LogP contribution in [0.3, 0.4) is 0 Å². The lowest BCUT2D eigenvalue weighted by Gasteiger charge is -2.34. The van der Waals surface area contributed by atoms with Crippen LogP contribution in [0, 0.1) is 5.92 Å². The Morgan fingerprint density at radius 3 is 2.84 bits per heavy atom. The fourth-order valence-electron chi connectivity index (χ4n) is 3.95. The first-order chi connectivity index (χ1) is 12.0. The van der Waals surface area contributed by atoms with Gasteiger partial charge in [-0.25, -0.2) is 0 Å². The normalized spacial score (nSPS) is 27.4. The molecule has 1 aromatic carbocycles. The Hall–Kier alpha value is -2.57. The zero-order chi connectivity index (χ0) is 17.6. The molecule has 2 heterocycles. The minimum atomic E-state index is -0.746. The van der Waals surface area contributed by atoms with Gasteiger partial charge in [-0.2, -0.15) is 0 Å². The summed E-state index contributed by atoms with van der Waals surface area (Å²) >= 11 is 0. The summed E-state index contributed by atoms with van der Waals surface area (Å²) in [6, 6.07) is 4.99. The molecule has 3 aliphatic rings. The number of ether oxygens (including phenoxy) is 3. The summed E-state index contributed by atoms with van der Waals surface area (Å²) in [5.74, 6) is 0.651. The molecule has 2 aliphatic heterocycles. The monoisotopic (exact) mass is 345 g/mol. The maximum Gasteiger partial charge on any atom is 0.303 e. The number of hydrogen-bond donors (Lipinski definition) is 0. The molecule has 1 unspecified atom stereocenters. The minimum absolute atomic E-state index is 0.000758. The summed E-state index contributed by atoms with van der Waals surface area (Å²) in [7, 11) is 0. The van der Waals surface area contributed by atoms with Gasteiger partial charge in [-0.1, -0.05) is 6.07 Å². The van der Waals surface area contributed by atoms with Gasteiger partial charge in [-0.3, -0.25) is 14.4 Å². The van der Waals surface area contributed by atoms with Crippen LogP contribution in [-0.2, 0) is 25.7 Å². The molecule has 132 valence electrons. The summed E-state index contributed by atoms with van der Waals surface area (Å²) in [5, 5.41) is 0. The van der Waals surface area contributed by atoms with Crippen LogP contribution in [0.15, 0.2) is 18.2 Å². The number of Topliss-reactive ketones (excluding diaryl/α,β-unsaturated/α-hetero) is 1. The molecule has 0 N–H and O–H groups in total. The summed E-state index contributed by atoms with van der Waals surface area (Å²) in [5.41, 5.74) is 0.876. The maximum absolute atomic E-state index is 12.8. The van der Waals surface area contributed by atoms with Crippen LogP contribution in [0.4, 0.5) is 0 Å². The van der Waals surface area contributed by atoms with Gasteiger partial charge in [0.25, 0.3) is 0 Å². The Morgan fingerprint density at radius 2 is 2.04 bits per heavy atom. The average molecular weight is 345 g/mol. The first-order valence-corrected chi connectivity index (χ1v) is 8.42. The number of benzene rings is 1. The van der Waals surface area contributed by atoms with E-state index < -0.39 is 18.1 Å². The molecule has 0 bridgehead atoms. The van der Waals surface area contributed by atoms with E-state index in [-0.39, 0.29) is 24.4 Å². The van der Waals surface area contributed by atoms with Gasteiger partial charge in [0.2, 0.25) is 12.7 Å². The van der Waals surface area contributed by atoms with Crippen LogP contribution in [-0.4, -0.2) is 41.5 Å². The number of ketones is 1. The summed E-state index contributed by atoms with van der Waals surface area (Å²) in [6.07, 6.45) is 0.819. The number of fused-ring (bicyclic) bond motifs is 2. The largest absolute Gasteiger partial charge is 0.454 e. The second-order valence-electron chi connectivity index (χ2n) is 6.70. The molecular weight excluding hydrogens is 326 g/mol. The second-order valence-corrected chi connectivity index (χ2v) is 6.70. The molecule has 0 radical (unpaired) electrons. The molecule has 7 heteroatoms. The van der Waals surface area contributed by atoms with E-state index in [9.17, 15) is 14.4 Å². The fraction of sp³-hybridized carbons (Fsp3) is 0.500. The van der Waals surface area contributed by atoms with E-state index in [1.54, 1.807) is 11.0 Å². The molecule has 7 nitrogen and oxygen atoms in total. The van der Waals surface area contributed by atoms with Crippen molar-refractivity contribution in [3.8, 4) is 11.5 Å². The first-order valence-electron chi connectivity index (χ1n) is 8.42. The molecule has 2 fully saturated rings. The lowest BCUT2D eigenvalue weighted by Crippen LogP contribution is -2.49. The quantitative estimate of drug-likeness (QED) is 0.771. The minimum Gasteiger partial charge on any atom is -0.454 e. The Balaban J connectivity index is 1.55. The first kappa shape index (κ1) is 15.9. The zero-order valence-corrected chi connectivity index (χ0v) is 13.9. The molecule has 1 amide bonds. The van der Waals surface area contributed by atoms with Gasteiger partial charge in [0.1, 0.15) is 0 Å². The summed E-state index contributed by atoms with van der Waals surface area (Å²) in [4.78, 5) is 38.0. The van der Waals surface area contributed by atoms with Crippen molar-refractivity contribution in [1.29, 1.82) is 0 Å². The Bertz CT molecular complexity index is 745. The van der Waals surface area contributed by atoms with Gasteiger partial charge in [0.15, 0.2) is 23.4 Å². The number of nitrogens with zero attached hydrogens (tertiary/aromatic N) is 1. The SMILES string of the molecule is CC(=O)OC1CC[C@H]2CC(=O)N(Cc3ccc4c(c3)OCO4)[C@H]2C1=O. The van der Waals surface area contributed by atoms with Crippen LogP contribution in [0.1, 0.15) is 31.7 Å². The van der Waals surface area contributed by atoms with Crippen molar-refractivity contribution in [2.45, 2.75) is 44.9 Å². The van der Waals surface area contributed by atoms with Crippen molar-refractivity contribution < 1.29 is 28.6 Å². The predicted molar refractivity (Wildman–Crippen MR) is 84.8 cm³/mol. The molecule has 0 spiro atoms. The number of rotatable bonds is 3. The Kier molecular flexibility index (Phi) is 3.86. The maximum atomic E-state index is 12.8. The van der Waals surface area contributed by atoms with E-state index in [1.807, 2.05) is 12.1 Å². The molecular formula is C18H19NO6. The highest BCUT2D eigenvalue weighted by atomic mass is 16.7. The number of amides is 1. The molecule has 1 aliphatic carbocycles. The number of carbonyl (C=O) groups is 3. The molecule has 3 atom stereocenters. The van der Waals surface area contributed by atoms with Crippen molar-refractivity contribution in [3.05, 3.63) is 23.8 Å². The molecule has 4 rings (SSSR count). The standard InChI is InChI=1S/C18H19NO6/c1-10(20)25-14-5-3-12-7-16(21)19(17(12)18(14)22)8-11-2-4-13-15(6-11)24-9-23-13/h2,4,6,12,14,17H,3,5,7-9H2,1H3/t12-,14?,17+/m0/s1. The number of likely N-dealkylation sites (tertiary alicyclic amines) is 1. The second kappa shape index (κ2) is 6.06. The van der Waals surface area contributed by atoms with Crippen LogP contribution in [0.25, 0.3) is 0 Å².